The first-order valence-corrected chi connectivity index (χ1v) is 13.3. The number of aromatic nitrogens is 5. The van der Waals surface area contributed by atoms with Crippen molar-refractivity contribution in [2.75, 3.05) is 18.4 Å². The van der Waals surface area contributed by atoms with Gasteiger partial charge in [-0.25, -0.2) is 15.0 Å². The van der Waals surface area contributed by atoms with E-state index in [2.05, 4.69) is 57.9 Å². The van der Waals surface area contributed by atoms with E-state index in [1.807, 2.05) is 36.0 Å². The summed E-state index contributed by atoms with van der Waals surface area (Å²) in [6.45, 7) is 10.7. The molecule has 4 heterocycles. The fourth-order valence-corrected chi connectivity index (χ4v) is 5.11. The summed E-state index contributed by atoms with van der Waals surface area (Å²) in [5, 5.41) is 15.1. The highest BCUT2D eigenvalue weighted by atomic mass is 32.1. The summed E-state index contributed by atoms with van der Waals surface area (Å²) in [5.41, 5.74) is 4.74. The third-order valence-electron chi connectivity index (χ3n) is 6.37. The Kier molecular flexibility index (Phi) is 7.03. The molecule has 0 unspecified atom stereocenters. The highest BCUT2D eigenvalue weighted by Gasteiger charge is 2.20. The van der Waals surface area contributed by atoms with Crippen LogP contribution in [0.15, 0.2) is 49.1 Å². The van der Waals surface area contributed by atoms with E-state index in [4.69, 9.17) is 4.98 Å². The van der Waals surface area contributed by atoms with Crippen molar-refractivity contribution in [1.82, 2.24) is 35.4 Å². The zero-order valence-electron chi connectivity index (χ0n) is 21.6. The predicted octanol–water partition coefficient (Wildman–Crippen LogP) is 4.61. The number of carbonyl (C=O) groups is 1. The van der Waals surface area contributed by atoms with Crippen LogP contribution in [-0.2, 0) is 12.0 Å². The van der Waals surface area contributed by atoms with E-state index in [9.17, 15) is 4.79 Å². The SMILES string of the molecule is Cc1cc(-c2ccnc(Nc3cnn([C@H]4CCNC4)c3)n2)ccc1CNC(=O)c1cnc(C(C)(C)C)s1. The fourth-order valence-electron chi connectivity index (χ4n) is 4.22. The van der Waals surface area contributed by atoms with Crippen LogP contribution >= 0.6 is 11.3 Å². The van der Waals surface area contributed by atoms with Crippen molar-refractivity contribution in [2.45, 2.75) is 52.1 Å². The van der Waals surface area contributed by atoms with Gasteiger partial charge in [-0.05, 0) is 43.1 Å². The molecule has 9 nitrogen and oxygen atoms in total. The van der Waals surface area contributed by atoms with Crippen LogP contribution in [0.4, 0.5) is 11.6 Å². The Morgan fingerprint density at radius 2 is 2.08 bits per heavy atom. The fraction of sp³-hybridized carbons (Fsp3) is 0.370. The zero-order chi connectivity index (χ0) is 26.0. The van der Waals surface area contributed by atoms with Gasteiger partial charge in [0.05, 0.1) is 34.8 Å². The molecule has 10 heteroatoms. The van der Waals surface area contributed by atoms with Crippen LogP contribution in [0.25, 0.3) is 11.3 Å². The van der Waals surface area contributed by atoms with Crippen LogP contribution in [0, 0.1) is 6.92 Å². The van der Waals surface area contributed by atoms with Crippen LogP contribution < -0.4 is 16.0 Å². The molecule has 0 bridgehead atoms. The number of benzene rings is 1. The van der Waals surface area contributed by atoms with Gasteiger partial charge in [-0.15, -0.1) is 11.3 Å². The molecule has 0 aliphatic carbocycles. The maximum absolute atomic E-state index is 12.6. The first-order valence-electron chi connectivity index (χ1n) is 12.5. The van der Waals surface area contributed by atoms with Crippen molar-refractivity contribution >= 4 is 28.9 Å². The van der Waals surface area contributed by atoms with Crippen LogP contribution in [0.5, 0.6) is 0 Å². The smallest absolute Gasteiger partial charge is 0.263 e. The van der Waals surface area contributed by atoms with Gasteiger partial charge in [-0.1, -0.05) is 32.9 Å². The van der Waals surface area contributed by atoms with Gasteiger partial charge >= 0.3 is 0 Å². The van der Waals surface area contributed by atoms with E-state index in [1.165, 1.54) is 11.3 Å². The second-order valence-electron chi connectivity index (χ2n) is 10.3. The molecule has 1 aliphatic heterocycles. The lowest BCUT2D eigenvalue weighted by atomic mass is 9.98. The second-order valence-corrected chi connectivity index (χ2v) is 11.4. The molecule has 1 amide bonds. The van der Waals surface area contributed by atoms with Crippen molar-refractivity contribution < 1.29 is 4.79 Å². The Hall–Kier alpha value is -3.63. The molecule has 1 aromatic carbocycles. The average molecular weight is 517 g/mol. The zero-order valence-corrected chi connectivity index (χ0v) is 22.4. The average Bonchev–Trinajstić information content (AvgIpc) is 3.64. The van der Waals surface area contributed by atoms with E-state index in [0.717, 1.165) is 52.6 Å². The molecule has 5 rings (SSSR count). The number of carbonyl (C=O) groups excluding carboxylic acids is 1. The Balaban J connectivity index is 1.23. The lowest BCUT2D eigenvalue weighted by Crippen LogP contribution is -2.22. The maximum Gasteiger partial charge on any atom is 0.263 e. The number of thiazole rings is 1. The second kappa shape index (κ2) is 10.4. The first-order chi connectivity index (χ1) is 17.8. The van der Waals surface area contributed by atoms with E-state index in [-0.39, 0.29) is 11.3 Å². The van der Waals surface area contributed by atoms with Crippen LogP contribution in [-0.4, -0.2) is 43.7 Å². The van der Waals surface area contributed by atoms with Gasteiger partial charge in [0.15, 0.2) is 0 Å². The van der Waals surface area contributed by atoms with Crippen LogP contribution in [0.1, 0.15) is 59.0 Å². The summed E-state index contributed by atoms with van der Waals surface area (Å²) < 4.78 is 1.99. The molecular weight excluding hydrogens is 484 g/mol. The molecule has 0 radical (unpaired) electrons. The summed E-state index contributed by atoms with van der Waals surface area (Å²) in [6.07, 6.45) is 8.29. The van der Waals surface area contributed by atoms with Gasteiger partial charge in [0.2, 0.25) is 5.95 Å². The molecular formula is C27H32N8OS. The lowest BCUT2D eigenvalue weighted by molar-refractivity contribution is 0.0954. The number of hydrogen-bond donors (Lipinski definition) is 3. The number of nitrogens with one attached hydrogen (secondary N) is 3. The topological polar surface area (TPSA) is 110 Å². The van der Waals surface area contributed by atoms with Crippen LogP contribution in [0.3, 0.4) is 0 Å². The molecule has 0 spiro atoms. The van der Waals surface area contributed by atoms with Gasteiger partial charge in [-0.2, -0.15) is 5.10 Å². The maximum atomic E-state index is 12.6. The number of aryl methyl sites for hydroxylation is 1. The normalized spacial score (nSPS) is 15.6. The van der Waals surface area contributed by atoms with E-state index in [1.54, 1.807) is 18.6 Å². The van der Waals surface area contributed by atoms with Crippen molar-refractivity contribution in [3.05, 3.63) is 70.1 Å². The Morgan fingerprint density at radius 3 is 2.81 bits per heavy atom. The minimum Gasteiger partial charge on any atom is -0.347 e. The lowest BCUT2D eigenvalue weighted by Gasteiger charge is -2.13. The summed E-state index contributed by atoms with van der Waals surface area (Å²) >= 11 is 1.45. The summed E-state index contributed by atoms with van der Waals surface area (Å²) in [6, 6.07) is 8.43. The summed E-state index contributed by atoms with van der Waals surface area (Å²) in [5.74, 6) is 0.422. The van der Waals surface area contributed by atoms with Gasteiger partial charge in [0.25, 0.3) is 5.91 Å². The number of hydrogen-bond acceptors (Lipinski definition) is 8. The van der Waals surface area contributed by atoms with Gasteiger partial charge < -0.3 is 16.0 Å². The highest BCUT2D eigenvalue weighted by Crippen LogP contribution is 2.27. The molecule has 3 N–H and O–H groups in total. The molecule has 1 atom stereocenters. The van der Waals surface area contributed by atoms with E-state index in [0.29, 0.717) is 23.4 Å². The van der Waals surface area contributed by atoms with Gasteiger partial charge in [0.1, 0.15) is 4.88 Å². The summed E-state index contributed by atoms with van der Waals surface area (Å²) in [7, 11) is 0. The third-order valence-corrected chi connectivity index (χ3v) is 7.79. The van der Waals surface area contributed by atoms with Crippen molar-refractivity contribution in [1.29, 1.82) is 0 Å². The van der Waals surface area contributed by atoms with E-state index >= 15 is 0 Å². The van der Waals surface area contributed by atoms with Gasteiger partial charge in [0, 0.05) is 36.5 Å². The molecule has 1 aliphatic rings. The molecule has 1 fully saturated rings. The predicted molar refractivity (Wildman–Crippen MR) is 146 cm³/mol. The largest absolute Gasteiger partial charge is 0.347 e. The molecule has 37 heavy (non-hydrogen) atoms. The Morgan fingerprint density at radius 1 is 1.22 bits per heavy atom. The summed E-state index contributed by atoms with van der Waals surface area (Å²) in [4.78, 5) is 26.8. The van der Waals surface area contributed by atoms with E-state index < -0.39 is 0 Å². The van der Waals surface area contributed by atoms with Crippen molar-refractivity contribution in [2.24, 2.45) is 0 Å². The molecule has 1 saturated heterocycles. The molecule has 3 aromatic heterocycles. The molecule has 0 saturated carbocycles. The first kappa shape index (κ1) is 25.0. The highest BCUT2D eigenvalue weighted by molar-refractivity contribution is 7.13. The third kappa shape index (κ3) is 5.86. The quantitative estimate of drug-likeness (QED) is 0.329. The number of anilines is 2. The minimum absolute atomic E-state index is 0.0683. The monoisotopic (exact) mass is 516 g/mol. The van der Waals surface area contributed by atoms with Crippen LogP contribution in [0.2, 0.25) is 0 Å². The molecule has 192 valence electrons. The Labute approximate surface area is 220 Å². The Bertz CT molecular complexity index is 1400. The number of rotatable bonds is 7. The van der Waals surface area contributed by atoms with Gasteiger partial charge in [-0.3, -0.25) is 9.48 Å². The minimum atomic E-state index is -0.101. The number of amides is 1. The van der Waals surface area contributed by atoms with Crippen molar-refractivity contribution in [3.8, 4) is 11.3 Å². The number of nitrogens with zero attached hydrogens (tertiary/aromatic N) is 5. The standard InChI is InChI=1S/C27H32N8OS/c1-17-11-18(5-6-19(17)12-30-24(36)23-15-31-25(37-23)27(2,3)4)22-8-10-29-26(34-22)33-20-13-32-35(16-20)21-7-9-28-14-21/h5-6,8,10-11,13,15-16,21,28H,7,9,12,14H2,1-4H3,(H,30,36)(H,29,33,34)/t21-/m0/s1. The van der Waals surface area contributed by atoms with Crippen molar-refractivity contribution in [3.63, 3.8) is 0 Å². The molecule has 4 aromatic rings.